The van der Waals surface area contributed by atoms with Gasteiger partial charge in [-0.2, -0.15) is 5.10 Å². The molecule has 2 rings (SSSR count). The second-order valence-corrected chi connectivity index (χ2v) is 4.99. The Kier molecular flexibility index (Phi) is 5.01. The van der Waals surface area contributed by atoms with Gasteiger partial charge in [0.25, 0.3) is 0 Å². The molecule has 0 bridgehead atoms. The van der Waals surface area contributed by atoms with Crippen LogP contribution < -0.4 is 4.74 Å². The van der Waals surface area contributed by atoms with Gasteiger partial charge in [-0.15, -0.1) is 0 Å². The average molecular weight is 312 g/mol. The van der Waals surface area contributed by atoms with E-state index in [0.29, 0.717) is 30.6 Å². The molecule has 0 aliphatic rings. The molecule has 7 heteroatoms. The highest BCUT2D eigenvalue weighted by atomic mass is 35.5. The van der Waals surface area contributed by atoms with Gasteiger partial charge in [0.05, 0.1) is 23.2 Å². The van der Waals surface area contributed by atoms with Gasteiger partial charge in [0.2, 0.25) is 5.88 Å². The monoisotopic (exact) mass is 311 g/mol. The van der Waals surface area contributed by atoms with Crippen molar-refractivity contribution in [2.75, 3.05) is 6.61 Å². The van der Waals surface area contributed by atoms with Gasteiger partial charge in [-0.3, -0.25) is 9.48 Å². The summed E-state index contributed by atoms with van der Waals surface area (Å²) < 4.78 is 7.34. The molecule has 0 saturated carbocycles. The largest absolute Gasteiger partial charge is 0.481 e. The van der Waals surface area contributed by atoms with Crippen LogP contribution in [0.1, 0.15) is 32.4 Å². The standard InChI is InChI=1S/C14H18ClN3O3/c1-3-9-13-10(8-11(15)16-14(13)21-4-2)18(17-9)7-5-6-12(19)20/h8H,3-7H2,1-2H3,(H,19,20). The highest BCUT2D eigenvalue weighted by Crippen LogP contribution is 2.30. The summed E-state index contributed by atoms with van der Waals surface area (Å²) in [6.07, 6.45) is 1.37. The lowest BCUT2D eigenvalue weighted by Gasteiger charge is -2.06. The minimum atomic E-state index is -0.808. The Morgan fingerprint density at radius 1 is 1.48 bits per heavy atom. The van der Waals surface area contributed by atoms with Crippen molar-refractivity contribution in [3.63, 3.8) is 0 Å². The molecule has 0 aliphatic carbocycles. The second-order valence-electron chi connectivity index (χ2n) is 4.60. The van der Waals surface area contributed by atoms with Crippen molar-refractivity contribution in [2.24, 2.45) is 0 Å². The van der Waals surface area contributed by atoms with E-state index >= 15 is 0 Å². The molecule has 0 saturated heterocycles. The fraction of sp³-hybridized carbons (Fsp3) is 0.500. The normalized spacial score (nSPS) is 11.0. The lowest BCUT2D eigenvalue weighted by molar-refractivity contribution is -0.137. The van der Waals surface area contributed by atoms with Crippen LogP contribution in [0.3, 0.4) is 0 Å². The number of carbonyl (C=O) groups is 1. The van der Waals surface area contributed by atoms with E-state index in [2.05, 4.69) is 10.1 Å². The summed E-state index contributed by atoms with van der Waals surface area (Å²) in [5.74, 6) is -0.321. The van der Waals surface area contributed by atoms with E-state index in [-0.39, 0.29) is 6.42 Å². The number of aromatic nitrogens is 3. The van der Waals surface area contributed by atoms with Gasteiger partial charge >= 0.3 is 5.97 Å². The van der Waals surface area contributed by atoms with Crippen molar-refractivity contribution in [2.45, 2.75) is 39.7 Å². The maximum atomic E-state index is 10.6. The Balaban J connectivity index is 2.44. The van der Waals surface area contributed by atoms with E-state index in [1.165, 1.54) is 0 Å². The predicted molar refractivity (Wildman–Crippen MR) is 80.0 cm³/mol. The summed E-state index contributed by atoms with van der Waals surface area (Å²) in [4.78, 5) is 14.8. The summed E-state index contributed by atoms with van der Waals surface area (Å²) in [6, 6.07) is 1.74. The molecule has 2 aromatic rings. The molecule has 0 amide bonds. The van der Waals surface area contributed by atoms with Crippen LogP contribution in [0.15, 0.2) is 6.07 Å². The zero-order chi connectivity index (χ0) is 15.4. The van der Waals surface area contributed by atoms with E-state index in [1.54, 1.807) is 10.7 Å². The van der Waals surface area contributed by atoms with Gasteiger partial charge in [0.1, 0.15) is 5.15 Å². The van der Waals surface area contributed by atoms with Crippen LogP contribution in [0.4, 0.5) is 0 Å². The summed E-state index contributed by atoms with van der Waals surface area (Å²) in [6.45, 7) is 4.91. The molecule has 6 nitrogen and oxygen atoms in total. The van der Waals surface area contributed by atoms with E-state index in [9.17, 15) is 4.79 Å². The van der Waals surface area contributed by atoms with Crippen molar-refractivity contribution in [1.29, 1.82) is 0 Å². The van der Waals surface area contributed by atoms with E-state index in [1.807, 2.05) is 13.8 Å². The van der Waals surface area contributed by atoms with Crippen LogP contribution in [0.5, 0.6) is 5.88 Å². The minimum absolute atomic E-state index is 0.111. The Hall–Kier alpha value is -1.82. The molecule has 0 fully saturated rings. The second kappa shape index (κ2) is 6.76. The van der Waals surface area contributed by atoms with Gasteiger partial charge in [-0.25, -0.2) is 4.98 Å². The number of carboxylic acid groups (broad SMARTS) is 1. The van der Waals surface area contributed by atoms with Gasteiger partial charge in [-0.05, 0) is 19.8 Å². The first kappa shape index (κ1) is 15.6. The third kappa shape index (κ3) is 3.44. The number of aliphatic carboxylic acids is 1. The number of hydrogen-bond acceptors (Lipinski definition) is 4. The van der Waals surface area contributed by atoms with Crippen molar-refractivity contribution in [3.8, 4) is 5.88 Å². The fourth-order valence-electron chi connectivity index (χ4n) is 2.24. The van der Waals surface area contributed by atoms with Crippen LogP contribution in [-0.4, -0.2) is 32.4 Å². The van der Waals surface area contributed by atoms with Crippen LogP contribution in [0.25, 0.3) is 10.9 Å². The van der Waals surface area contributed by atoms with Gasteiger partial charge in [0, 0.05) is 19.0 Å². The Bertz CT molecular complexity index is 654. The van der Waals surface area contributed by atoms with Crippen LogP contribution in [0.2, 0.25) is 5.15 Å². The molecule has 0 radical (unpaired) electrons. The summed E-state index contributed by atoms with van der Waals surface area (Å²) in [5.41, 5.74) is 1.72. The zero-order valence-electron chi connectivity index (χ0n) is 12.1. The number of halogens is 1. The molecule has 0 atom stereocenters. The SMILES string of the molecule is CCOc1nc(Cl)cc2c1c(CC)nn2CCCC(=O)O. The molecule has 2 aromatic heterocycles. The zero-order valence-corrected chi connectivity index (χ0v) is 12.9. The van der Waals surface area contributed by atoms with E-state index in [0.717, 1.165) is 23.0 Å². The number of ether oxygens (including phenoxy) is 1. The lowest BCUT2D eigenvalue weighted by Crippen LogP contribution is -2.04. The maximum absolute atomic E-state index is 10.6. The molecular weight excluding hydrogens is 294 g/mol. The molecular formula is C14H18ClN3O3. The first-order valence-electron chi connectivity index (χ1n) is 6.97. The number of pyridine rings is 1. The van der Waals surface area contributed by atoms with Crippen LogP contribution in [0, 0.1) is 0 Å². The predicted octanol–water partition coefficient (Wildman–Crippen LogP) is 2.91. The number of nitrogens with zero attached hydrogens (tertiary/aromatic N) is 3. The molecule has 0 spiro atoms. The maximum Gasteiger partial charge on any atom is 0.303 e. The van der Waals surface area contributed by atoms with E-state index < -0.39 is 5.97 Å². The lowest BCUT2D eigenvalue weighted by atomic mass is 10.2. The van der Waals surface area contributed by atoms with Gasteiger partial charge in [0.15, 0.2) is 0 Å². The Morgan fingerprint density at radius 3 is 2.86 bits per heavy atom. The third-order valence-electron chi connectivity index (χ3n) is 3.12. The summed E-state index contributed by atoms with van der Waals surface area (Å²) in [7, 11) is 0. The smallest absolute Gasteiger partial charge is 0.303 e. The number of aryl methyl sites for hydroxylation is 2. The minimum Gasteiger partial charge on any atom is -0.481 e. The van der Waals surface area contributed by atoms with Crippen molar-refractivity contribution >= 4 is 28.5 Å². The first-order valence-corrected chi connectivity index (χ1v) is 7.35. The number of hydrogen-bond donors (Lipinski definition) is 1. The molecule has 2 heterocycles. The van der Waals surface area contributed by atoms with Gasteiger partial charge in [-0.1, -0.05) is 18.5 Å². The quantitative estimate of drug-likeness (QED) is 0.795. The first-order chi connectivity index (χ1) is 10.1. The molecule has 21 heavy (non-hydrogen) atoms. The molecule has 1 N–H and O–H groups in total. The third-order valence-corrected chi connectivity index (χ3v) is 3.31. The van der Waals surface area contributed by atoms with Crippen molar-refractivity contribution in [3.05, 3.63) is 16.9 Å². The molecule has 0 aromatic carbocycles. The molecule has 0 unspecified atom stereocenters. The van der Waals surface area contributed by atoms with E-state index in [4.69, 9.17) is 21.4 Å². The van der Waals surface area contributed by atoms with Crippen molar-refractivity contribution < 1.29 is 14.6 Å². The number of fused-ring (bicyclic) bond motifs is 1. The van der Waals surface area contributed by atoms with Crippen LogP contribution >= 0.6 is 11.6 Å². The number of carboxylic acids is 1. The number of rotatable bonds is 7. The fourth-order valence-corrected chi connectivity index (χ4v) is 2.42. The average Bonchev–Trinajstić information content (AvgIpc) is 2.77. The summed E-state index contributed by atoms with van der Waals surface area (Å²) >= 11 is 6.04. The highest BCUT2D eigenvalue weighted by molar-refractivity contribution is 6.30. The molecule has 114 valence electrons. The molecule has 0 aliphatic heterocycles. The highest BCUT2D eigenvalue weighted by Gasteiger charge is 2.17. The van der Waals surface area contributed by atoms with Crippen molar-refractivity contribution in [1.82, 2.24) is 14.8 Å². The Labute approximate surface area is 127 Å². The summed E-state index contributed by atoms with van der Waals surface area (Å²) in [5, 5.41) is 14.5. The topological polar surface area (TPSA) is 77.2 Å². The van der Waals surface area contributed by atoms with Crippen LogP contribution in [-0.2, 0) is 17.8 Å². The van der Waals surface area contributed by atoms with Gasteiger partial charge < -0.3 is 9.84 Å². The Morgan fingerprint density at radius 2 is 2.24 bits per heavy atom.